The van der Waals surface area contributed by atoms with Crippen molar-refractivity contribution >= 4 is 38.9 Å². The highest BCUT2D eigenvalue weighted by atomic mass is 35.5. The SMILES string of the molecule is CCNCc1cc(Cl)cc(S(=O)(=O)Nc2cn[nH]c2)c1Cl. The molecule has 2 rings (SSSR count). The van der Waals surface area contributed by atoms with Gasteiger partial charge in [-0.2, -0.15) is 5.10 Å². The van der Waals surface area contributed by atoms with Crippen molar-refractivity contribution in [1.29, 1.82) is 0 Å². The monoisotopic (exact) mass is 348 g/mol. The molecule has 0 fully saturated rings. The molecule has 2 aromatic rings. The molecule has 9 heteroatoms. The van der Waals surface area contributed by atoms with Crippen molar-refractivity contribution in [2.75, 3.05) is 11.3 Å². The summed E-state index contributed by atoms with van der Waals surface area (Å²) in [5.74, 6) is 0. The zero-order valence-electron chi connectivity index (χ0n) is 11.2. The van der Waals surface area contributed by atoms with E-state index in [0.717, 1.165) is 6.54 Å². The Kier molecular flexibility index (Phi) is 5.10. The average molecular weight is 349 g/mol. The van der Waals surface area contributed by atoms with E-state index in [9.17, 15) is 8.42 Å². The number of sulfonamides is 1. The first-order valence-electron chi connectivity index (χ1n) is 6.14. The van der Waals surface area contributed by atoms with Gasteiger partial charge in [0.2, 0.25) is 0 Å². The topological polar surface area (TPSA) is 86.9 Å². The van der Waals surface area contributed by atoms with Gasteiger partial charge in [-0.25, -0.2) is 8.42 Å². The largest absolute Gasteiger partial charge is 0.313 e. The summed E-state index contributed by atoms with van der Waals surface area (Å²) in [6.45, 7) is 3.11. The number of halogens is 2. The zero-order valence-corrected chi connectivity index (χ0v) is 13.5. The minimum absolute atomic E-state index is 0.0641. The standard InChI is InChI=1S/C12H14Cl2N4O2S/c1-2-15-5-8-3-9(13)4-11(12(8)14)21(19,20)18-10-6-16-17-7-10/h3-4,6-7,15,18H,2,5H2,1H3,(H,16,17). The lowest BCUT2D eigenvalue weighted by Gasteiger charge is -2.12. The Labute approximate surface area is 132 Å². The lowest BCUT2D eigenvalue weighted by molar-refractivity contribution is 0.601. The fourth-order valence-electron chi connectivity index (χ4n) is 1.72. The summed E-state index contributed by atoms with van der Waals surface area (Å²) in [5, 5.41) is 9.74. The van der Waals surface area contributed by atoms with Crippen LogP contribution in [0.15, 0.2) is 29.4 Å². The lowest BCUT2D eigenvalue weighted by atomic mass is 10.2. The highest BCUT2D eigenvalue weighted by molar-refractivity contribution is 7.92. The van der Waals surface area contributed by atoms with Crippen molar-refractivity contribution in [3.63, 3.8) is 0 Å². The maximum absolute atomic E-state index is 12.4. The number of rotatable bonds is 6. The second kappa shape index (κ2) is 6.65. The van der Waals surface area contributed by atoms with Crippen LogP contribution in [0.25, 0.3) is 0 Å². The number of aromatic amines is 1. The predicted molar refractivity (Wildman–Crippen MR) is 83.2 cm³/mol. The molecule has 1 aromatic carbocycles. The number of aromatic nitrogens is 2. The van der Waals surface area contributed by atoms with Crippen LogP contribution in [0.1, 0.15) is 12.5 Å². The van der Waals surface area contributed by atoms with Gasteiger partial charge in [-0.15, -0.1) is 0 Å². The molecule has 114 valence electrons. The molecule has 21 heavy (non-hydrogen) atoms. The van der Waals surface area contributed by atoms with Gasteiger partial charge in [-0.1, -0.05) is 30.1 Å². The van der Waals surface area contributed by atoms with Crippen LogP contribution < -0.4 is 10.0 Å². The Bertz CT molecular complexity index is 717. The molecule has 0 aliphatic carbocycles. The van der Waals surface area contributed by atoms with Crippen molar-refractivity contribution < 1.29 is 8.42 Å². The van der Waals surface area contributed by atoms with Crippen LogP contribution in [-0.4, -0.2) is 25.2 Å². The average Bonchev–Trinajstić information content (AvgIpc) is 2.91. The second-order valence-corrected chi connectivity index (χ2v) is 6.72. The van der Waals surface area contributed by atoms with Crippen molar-refractivity contribution in [1.82, 2.24) is 15.5 Å². The number of benzene rings is 1. The van der Waals surface area contributed by atoms with Crippen LogP contribution >= 0.6 is 23.2 Å². The first-order valence-corrected chi connectivity index (χ1v) is 8.38. The smallest absolute Gasteiger partial charge is 0.263 e. The second-order valence-electron chi connectivity index (χ2n) is 4.25. The maximum atomic E-state index is 12.4. The normalized spacial score (nSPS) is 11.6. The van der Waals surface area contributed by atoms with Gasteiger partial charge in [-0.3, -0.25) is 9.82 Å². The zero-order chi connectivity index (χ0) is 15.5. The van der Waals surface area contributed by atoms with E-state index in [1.165, 1.54) is 18.5 Å². The minimum atomic E-state index is -3.84. The third kappa shape index (κ3) is 3.88. The molecule has 1 aromatic heterocycles. The van der Waals surface area contributed by atoms with E-state index in [0.29, 0.717) is 22.8 Å². The third-order valence-electron chi connectivity index (χ3n) is 2.68. The van der Waals surface area contributed by atoms with Gasteiger partial charge in [-0.05, 0) is 24.2 Å². The molecule has 0 saturated heterocycles. The number of anilines is 1. The lowest BCUT2D eigenvalue weighted by Crippen LogP contribution is -2.16. The summed E-state index contributed by atoms with van der Waals surface area (Å²) in [6.07, 6.45) is 2.78. The quantitative estimate of drug-likeness (QED) is 0.748. The Morgan fingerprint density at radius 3 is 2.71 bits per heavy atom. The van der Waals surface area contributed by atoms with Gasteiger partial charge in [0.15, 0.2) is 0 Å². The number of nitrogens with one attached hydrogen (secondary N) is 3. The van der Waals surface area contributed by atoms with Crippen LogP contribution in [0.2, 0.25) is 10.0 Å². The van der Waals surface area contributed by atoms with Gasteiger partial charge in [0, 0.05) is 17.8 Å². The van der Waals surface area contributed by atoms with Crippen LogP contribution in [0, 0.1) is 0 Å². The predicted octanol–water partition coefficient (Wildman–Crippen LogP) is 2.63. The van der Waals surface area contributed by atoms with E-state index < -0.39 is 10.0 Å². The van der Waals surface area contributed by atoms with Gasteiger partial charge < -0.3 is 5.32 Å². The van der Waals surface area contributed by atoms with E-state index in [1.807, 2.05) is 6.92 Å². The molecule has 0 radical (unpaired) electrons. The molecule has 0 bridgehead atoms. The summed E-state index contributed by atoms with van der Waals surface area (Å²) in [6, 6.07) is 2.96. The van der Waals surface area contributed by atoms with E-state index in [-0.39, 0.29) is 9.92 Å². The van der Waals surface area contributed by atoms with E-state index in [2.05, 4.69) is 20.2 Å². The van der Waals surface area contributed by atoms with E-state index in [1.54, 1.807) is 6.07 Å². The summed E-state index contributed by atoms with van der Waals surface area (Å²) in [7, 11) is -3.84. The molecule has 0 saturated carbocycles. The number of hydrogen-bond donors (Lipinski definition) is 3. The Morgan fingerprint density at radius 2 is 2.10 bits per heavy atom. The Morgan fingerprint density at radius 1 is 1.33 bits per heavy atom. The number of nitrogens with zero attached hydrogens (tertiary/aromatic N) is 1. The molecule has 0 atom stereocenters. The first kappa shape index (κ1) is 16.1. The van der Waals surface area contributed by atoms with Gasteiger partial charge >= 0.3 is 0 Å². The third-order valence-corrected chi connectivity index (χ3v) is 4.87. The van der Waals surface area contributed by atoms with Crippen LogP contribution in [0.5, 0.6) is 0 Å². The van der Waals surface area contributed by atoms with Crippen molar-refractivity contribution in [3.8, 4) is 0 Å². The number of hydrogen-bond acceptors (Lipinski definition) is 4. The molecule has 0 aliphatic heterocycles. The Hall–Kier alpha value is -1.28. The summed E-state index contributed by atoms with van der Waals surface area (Å²) < 4.78 is 27.1. The molecule has 3 N–H and O–H groups in total. The molecule has 0 unspecified atom stereocenters. The molecule has 1 heterocycles. The van der Waals surface area contributed by atoms with Crippen LogP contribution in [-0.2, 0) is 16.6 Å². The van der Waals surface area contributed by atoms with Crippen LogP contribution in [0.3, 0.4) is 0 Å². The summed E-state index contributed by atoms with van der Waals surface area (Å²) in [5.41, 5.74) is 0.942. The highest BCUT2D eigenvalue weighted by Crippen LogP contribution is 2.30. The fraction of sp³-hybridized carbons (Fsp3) is 0.250. The van der Waals surface area contributed by atoms with Gasteiger partial charge in [0.25, 0.3) is 10.0 Å². The van der Waals surface area contributed by atoms with E-state index in [4.69, 9.17) is 23.2 Å². The van der Waals surface area contributed by atoms with Gasteiger partial charge in [0.05, 0.1) is 16.9 Å². The van der Waals surface area contributed by atoms with E-state index >= 15 is 0 Å². The maximum Gasteiger partial charge on any atom is 0.263 e. The molecular weight excluding hydrogens is 335 g/mol. The number of H-pyrrole nitrogens is 1. The molecule has 0 amide bonds. The van der Waals surface area contributed by atoms with Crippen molar-refractivity contribution in [2.24, 2.45) is 0 Å². The van der Waals surface area contributed by atoms with Crippen LogP contribution in [0.4, 0.5) is 5.69 Å². The van der Waals surface area contributed by atoms with Crippen molar-refractivity contribution in [3.05, 3.63) is 40.1 Å². The Balaban J connectivity index is 2.40. The molecule has 0 spiro atoms. The summed E-state index contributed by atoms with van der Waals surface area (Å²) in [4.78, 5) is -0.0641. The summed E-state index contributed by atoms with van der Waals surface area (Å²) >= 11 is 12.2. The first-order chi connectivity index (χ1) is 9.94. The molecule has 0 aliphatic rings. The van der Waals surface area contributed by atoms with Crippen molar-refractivity contribution in [2.45, 2.75) is 18.4 Å². The molecular formula is C12H14Cl2N4O2S. The fourth-order valence-corrected chi connectivity index (χ4v) is 3.69. The van der Waals surface area contributed by atoms with Gasteiger partial charge in [0.1, 0.15) is 4.90 Å². The molecule has 6 nitrogen and oxygen atoms in total. The minimum Gasteiger partial charge on any atom is -0.313 e. The highest BCUT2D eigenvalue weighted by Gasteiger charge is 2.21.